The van der Waals surface area contributed by atoms with Crippen LogP contribution < -0.4 is 9.64 Å². The zero-order chi connectivity index (χ0) is 20.8. The quantitative estimate of drug-likeness (QED) is 0.473. The van der Waals surface area contributed by atoms with E-state index in [1.807, 2.05) is 67.0 Å². The van der Waals surface area contributed by atoms with Gasteiger partial charge in [0, 0.05) is 36.5 Å². The van der Waals surface area contributed by atoms with Crippen molar-refractivity contribution in [2.75, 3.05) is 12.0 Å². The third kappa shape index (κ3) is 3.96. The lowest BCUT2D eigenvalue weighted by Crippen LogP contribution is -2.25. The summed E-state index contributed by atoms with van der Waals surface area (Å²) in [5, 5.41) is 9.44. The lowest BCUT2D eigenvalue weighted by molar-refractivity contribution is 0.398. The molecule has 3 aromatic heterocycles. The Morgan fingerprint density at radius 3 is 2.13 bits per heavy atom. The number of nitrogens with zero attached hydrogens (tertiary/aromatic N) is 5. The zero-order valence-corrected chi connectivity index (χ0v) is 16.4. The van der Waals surface area contributed by atoms with Crippen molar-refractivity contribution in [1.29, 1.82) is 5.26 Å². The van der Waals surface area contributed by atoms with Gasteiger partial charge in [0.2, 0.25) is 5.88 Å². The van der Waals surface area contributed by atoms with Crippen molar-refractivity contribution in [3.8, 4) is 11.9 Å². The number of benzene rings is 1. The Labute approximate surface area is 175 Å². The van der Waals surface area contributed by atoms with Gasteiger partial charge in [-0.1, -0.05) is 18.2 Å². The van der Waals surface area contributed by atoms with E-state index in [-0.39, 0.29) is 6.04 Å². The maximum Gasteiger partial charge on any atom is 0.213 e. The third-order valence-electron chi connectivity index (χ3n) is 4.72. The minimum atomic E-state index is -0.225. The average Bonchev–Trinajstić information content (AvgIpc) is 2.83. The molecule has 0 aliphatic rings. The van der Waals surface area contributed by atoms with Crippen molar-refractivity contribution < 1.29 is 4.74 Å². The second kappa shape index (κ2) is 8.84. The SMILES string of the molecule is COc1ccc(N(c2cccc(C#N)c2)C(c2cccnc2)c2cccnc2)cn1. The van der Waals surface area contributed by atoms with Crippen molar-refractivity contribution in [2.45, 2.75) is 6.04 Å². The number of anilines is 2. The van der Waals surface area contributed by atoms with Crippen LogP contribution in [-0.4, -0.2) is 22.1 Å². The van der Waals surface area contributed by atoms with Gasteiger partial charge in [-0.15, -0.1) is 0 Å². The van der Waals surface area contributed by atoms with Crippen LogP contribution in [0, 0.1) is 11.3 Å². The van der Waals surface area contributed by atoms with Crippen molar-refractivity contribution >= 4 is 11.4 Å². The van der Waals surface area contributed by atoms with Gasteiger partial charge in [-0.25, -0.2) is 4.98 Å². The molecule has 0 bridgehead atoms. The van der Waals surface area contributed by atoms with E-state index >= 15 is 0 Å². The molecule has 146 valence electrons. The second-order valence-electron chi connectivity index (χ2n) is 6.57. The molecule has 0 amide bonds. The molecule has 1 aromatic carbocycles. The molecule has 6 nitrogen and oxygen atoms in total. The fourth-order valence-corrected chi connectivity index (χ4v) is 3.37. The summed E-state index contributed by atoms with van der Waals surface area (Å²) in [6, 6.07) is 21.2. The first-order valence-electron chi connectivity index (χ1n) is 9.39. The van der Waals surface area contributed by atoms with Gasteiger partial charge >= 0.3 is 0 Å². The van der Waals surface area contributed by atoms with Gasteiger partial charge in [0.05, 0.1) is 36.7 Å². The molecule has 0 fully saturated rings. The predicted molar refractivity (Wildman–Crippen MR) is 114 cm³/mol. The fraction of sp³-hybridized carbons (Fsp3) is 0.0833. The number of hydrogen-bond donors (Lipinski definition) is 0. The minimum Gasteiger partial charge on any atom is -0.481 e. The van der Waals surface area contributed by atoms with Gasteiger partial charge in [0.15, 0.2) is 0 Å². The number of nitriles is 1. The standard InChI is InChI=1S/C24H19N5O/c1-30-23-10-9-22(17-28-23)29(21-8-2-5-18(13-21)14-25)24(19-6-3-11-26-15-19)20-7-4-12-27-16-20/h2-13,15-17,24H,1H3. The van der Waals surface area contributed by atoms with Gasteiger partial charge in [0.1, 0.15) is 0 Å². The summed E-state index contributed by atoms with van der Waals surface area (Å²) in [4.78, 5) is 15.2. The van der Waals surface area contributed by atoms with Crippen molar-refractivity contribution in [3.05, 3.63) is 108 Å². The molecule has 0 N–H and O–H groups in total. The van der Waals surface area contributed by atoms with Crippen LogP contribution in [-0.2, 0) is 0 Å². The molecular weight excluding hydrogens is 374 g/mol. The van der Waals surface area contributed by atoms with E-state index < -0.39 is 0 Å². The minimum absolute atomic E-state index is 0.225. The van der Waals surface area contributed by atoms with Gasteiger partial charge in [-0.05, 0) is 47.5 Å². The molecule has 0 spiro atoms. The fourth-order valence-electron chi connectivity index (χ4n) is 3.37. The molecule has 6 heteroatoms. The molecule has 3 heterocycles. The molecule has 4 rings (SSSR count). The highest BCUT2D eigenvalue weighted by atomic mass is 16.5. The van der Waals surface area contributed by atoms with Crippen LogP contribution in [0.25, 0.3) is 0 Å². The number of pyridine rings is 3. The smallest absolute Gasteiger partial charge is 0.213 e. The van der Waals surface area contributed by atoms with Gasteiger partial charge in [-0.3, -0.25) is 9.97 Å². The summed E-state index contributed by atoms with van der Waals surface area (Å²) in [5.74, 6) is 0.531. The number of ether oxygens (including phenoxy) is 1. The molecule has 30 heavy (non-hydrogen) atoms. The Morgan fingerprint density at radius 1 is 0.867 bits per heavy atom. The Hall–Kier alpha value is -4.24. The van der Waals surface area contributed by atoms with E-state index in [1.54, 1.807) is 31.8 Å². The molecule has 0 aliphatic heterocycles. The molecule has 0 aliphatic carbocycles. The van der Waals surface area contributed by atoms with Crippen molar-refractivity contribution in [2.24, 2.45) is 0 Å². The van der Waals surface area contributed by atoms with Crippen LogP contribution in [0.2, 0.25) is 0 Å². The first-order chi connectivity index (χ1) is 14.8. The summed E-state index contributed by atoms with van der Waals surface area (Å²) in [7, 11) is 1.59. The first-order valence-corrected chi connectivity index (χ1v) is 9.39. The third-order valence-corrected chi connectivity index (χ3v) is 4.72. The topological polar surface area (TPSA) is 74.9 Å². The van der Waals surface area contributed by atoms with Gasteiger partial charge in [0.25, 0.3) is 0 Å². The number of methoxy groups -OCH3 is 1. The first kappa shape index (κ1) is 19.1. The summed E-state index contributed by atoms with van der Waals surface area (Å²) in [6.45, 7) is 0. The number of hydrogen-bond acceptors (Lipinski definition) is 6. The predicted octanol–water partition coefficient (Wildman–Crippen LogP) is 4.68. The van der Waals surface area contributed by atoms with E-state index in [0.29, 0.717) is 11.4 Å². The van der Waals surface area contributed by atoms with Crippen LogP contribution in [0.3, 0.4) is 0 Å². The summed E-state index contributed by atoms with van der Waals surface area (Å²) in [6.07, 6.45) is 8.95. The van der Waals surface area contributed by atoms with Crippen LogP contribution in [0.15, 0.2) is 91.6 Å². The highest BCUT2D eigenvalue weighted by Gasteiger charge is 2.25. The number of aromatic nitrogens is 3. The van der Waals surface area contributed by atoms with Crippen LogP contribution in [0.4, 0.5) is 11.4 Å². The number of rotatable bonds is 6. The molecule has 4 aromatic rings. The van der Waals surface area contributed by atoms with E-state index in [1.165, 1.54) is 0 Å². The van der Waals surface area contributed by atoms with Crippen molar-refractivity contribution in [1.82, 2.24) is 15.0 Å². The van der Waals surface area contributed by atoms with Gasteiger partial charge < -0.3 is 9.64 Å². The zero-order valence-electron chi connectivity index (χ0n) is 16.4. The highest BCUT2D eigenvalue weighted by molar-refractivity contribution is 5.67. The summed E-state index contributed by atoms with van der Waals surface area (Å²) in [5.41, 5.74) is 4.27. The molecule has 0 saturated heterocycles. The van der Waals surface area contributed by atoms with Crippen LogP contribution in [0.5, 0.6) is 5.88 Å². The average molecular weight is 393 g/mol. The van der Waals surface area contributed by atoms with Crippen LogP contribution >= 0.6 is 0 Å². The summed E-state index contributed by atoms with van der Waals surface area (Å²) < 4.78 is 5.23. The Balaban J connectivity index is 1.94. The lowest BCUT2D eigenvalue weighted by Gasteiger charge is -2.34. The van der Waals surface area contributed by atoms with E-state index in [0.717, 1.165) is 22.5 Å². The maximum absolute atomic E-state index is 9.44. The molecular formula is C24H19N5O. The van der Waals surface area contributed by atoms with Crippen molar-refractivity contribution in [3.63, 3.8) is 0 Å². The molecule has 0 saturated carbocycles. The molecule has 0 radical (unpaired) electrons. The lowest BCUT2D eigenvalue weighted by atomic mass is 9.98. The Bertz CT molecular complexity index is 1100. The molecule has 0 unspecified atom stereocenters. The van der Waals surface area contributed by atoms with Crippen LogP contribution in [0.1, 0.15) is 22.7 Å². The van der Waals surface area contributed by atoms with Gasteiger partial charge in [-0.2, -0.15) is 5.26 Å². The maximum atomic E-state index is 9.44. The summed E-state index contributed by atoms with van der Waals surface area (Å²) >= 11 is 0. The van der Waals surface area contributed by atoms with E-state index in [4.69, 9.17) is 4.74 Å². The Morgan fingerprint density at radius 2 is 1.60 bits per heavy atom. The van der Waals surface area contributed by atoms with E-state index in [9.17, 15) is 5.26 Å². The largest absolute Gasteiger partial charge is 0.481 e. The molecule has 0 atom stereocenters. The highest BCUT2D eigenvalue weighted by Crippen LogP contribution is 2.39. The Kier molecular flexibility index (Phi) is 5.63. The monoisotopic (exact) mass is 393 g/mol. The normalized spacial score (nSPS) is 10.4. The second-order valence-corrected chi connectivity index (χ2v) is 6.57. The van der Waals surface area contributed by atoms with E-state index in [2.05, 4.69) is 25.9 Å².